The molecular formula is C17H16ClN3O3. The molecule has 124 valence electrons. The first-order valence-electron chi connectivity index (χ1n) is 7.31. The van der Waals surface area contributed by atoms with Crippen molar-refractivity contribution in [2.75, 3.05) is 10.7 Å². The van der Waals surface area contributed by atoms with Crippen LogP contribution in [-0.2, 0) is 9.59 Å². The molecule has 0 aromatic heterocycles. The van der Waals surface area contributed by atoms with Gasteiger partial charge in [-0.3, -0.25) is 20.4 Å². The Morgan fingerprint density at radius 1 is 1.25 bits per heavy atom. The van der Waals surface area contributed by atoms with Crippen LogP contribution >= 0.6 is 11.6 Å². The lowest BCUT2D eigenvalue weighted by Gasteiger charge is -2.33. The van der Waals surface area contributed by atoms with Gasteiger partial charge in [0.15, 0.2) is 0 Å². The van der Waals surface area contributed by atoms with Gasteiger partial charge in [0.2, 0.25) is 0 Å². The van der Waals surface area contributed by atoms with Gasteiger partial charge >= 0.3 is 0 Å². The van der Waals surface area contributed by atoms with Crippen LogP contribution in [0.5, 0.6) is 5.75 Å². The molecule has 2 amide bonds. The van der Waals surface area contributed by atoms with Gasteiger partial charge in [0, 0.05) is 5.02 Å². The summed E-state index contributed by atoms with van der Waals surface area (Å²) in [4.78, 5) is 24.8. The number of carbonyl (C=O) groups is 2. The fourth-order valence-electron chi connectivity index (χ4n) is 2.30. The molecule has 3 rings (SSSR count). The lowest BCUT2D eigenvalue weighted by molar-refractivity contribution is -0.146. The Hall–Kier alpha value is -2.73. The summed E-state index contributed by atoms with van der Waals surface area (Å²) in [6.45, 7) is 3.32. The first kappa shape index (κ1) is 16.1. The van der Waals surface area contributed by atoms with E-state index in [0.29, 0.717) is 22.1 Å². The Morgan fingerprint density at radius 3 is 2.79 bits per heavy atom. The molecule has 0 radical (unpaired) electrons. The zero-order valence-electron chi connectivity index (χ0n) is 13.1. The molecule has 6 nitrogen and oxygen atoms in total. The van der Waals surface area contributed by atoms with E-state index in [1.54, 1.807) is 36.4 Å². The van der Waals surface area contributed by atoms with Crippen molar-refractivity contribution in [1.82, 2.24) is 5.43 Å². The number of fused-ring (bicyclic) bond motifs is 1. The number of carbonyl (C=O) groups excluding carboxylic acids is 2. The van der Waals surface area contributed by atoms with Gasteiger partial charge in [0.25, 0.3) is 17.4 Å². The molecule has 2 aromatic carbocycles. The number of aryl methyl sites for hydroxylation is 1. The number of hydrogen-bond donors (Lipinski definition) is 3. The maximum atomic E-state index is 12.5. The van der Waals surface area contributed by atoms with Crippen LogP contribution in [0.2, 0.25) is 5.02 Å². The lowest BCUT2D eigenvalue weighted by Crippen LogP contribution is -2.59. The Labute approximate surface area is 144 Å². The van der Waals surface area contributed by atoms with Crippen molar-refractivity contribution >= 4 is 34.8 Å². The summed E-state index contributed by atoms with van der Waals surface area (Å²) < 4.78 is 5.67. The third-order valence-corrected chi connectivity index (χ3v) is 3.94. The van der Waals surface area contributed by atoms with Gasteiger partial charge in [-0.2, -0.15) is 0 Å². The number of rotatable bonds is 3. The van der Waals surface area contributed by atoms with Crippen LogP contribution in [-0.4, -0.2) is 17.4 Å². The van der Waals surface area contributed by atoms with Gasteiger partial charge < -0.3 is 10.1 Å². The molecule has 3 N–H and O–H groups in total. The minimum atomic E-state index is -1.69. The quantitative estimate of drug-likeness (QED) is 0.590. The number of hydrazine groups is 1. The molecule has 0 spiro atoms. The largest absolute Gasteiger partial charge is 0.465 e. The highest BCUT2D eigenvalue weighted by Crippen LogP contribution is 2.34. The molecule has 1 atom stereocenters. The molecule has 0 aliphatic carbocycles. The summed E-state index contributed by atoms with van der Waals surface area (Å²) in [5.74, 6) is -0.710. The summed E-state index contributed by atoms with van der Waals surface area (Å²) in [5, 5.41) is 3.23. The SMILES string of the molecule is Cc1ccc2c(c1)NC(=O)C(C)(C(=O)NNc1cccc(Cl)c1)O2. The van der Waals surface area contributed by atoms with E-state index in [4.69, 9.17) is 16.3 Å². The standard InChI is InChI=1S/C17H16ClN3O3/c1-10-6-7-14-13(8-10)19-15(22)17(2,24-14)16(23)21-20-12-5-3-4-11(18)9-12/h3-9,20H,1-2H3,(H,19,22)(H,21,23). The molecule has 0 fully saturated rings. The average molecular weight is 346 g/mol. The molecule has 0 saturated heterocycles. The fraction of sp³-hybridized carbons (Fsp3) is 0.176. The minimum absolute atomic E-state index is 0.445. The number of nitrogens with one attached hydrogen (secondary N) is 3. The maximum Gasteiger partial charge on any atom is 0.292 e. The molecule has 1 unspecified atom stereocenters. The van der Waals surface area contributed by atoms with Gasteiger partial charge in [-0.05, 0) is 49.7 Å². The van der Waals surface area contributed by atoms with Crippen molar-refractivity contribution in [3.63, 3.8) is 0 Å². The second kappa shape index (κ2) is 6.05. The number of amides is 2. The van der Waals surface area contributed by atoms with Crippen molar-refractivity contribution < 1.29 is 14.3 Å². The van der Waals surface area contributed by atoms with Crippen LogP contribution in [0.1, 0.15) is 12.5 Å². The molecule has 0 saturated carbocycles. The van der Waals surface area contributed by atoms with Gasteiger partial charge in [-0.1, -0.05) is 23.7 Å². The van der Waals surface area contributed by atoms with E-state index < -0.39 is 17.4 Å². The second-order valence-corrected chi connectivity index (χ2v) is 6.11. The average Bonchev–Trinajstić information content (AvgIpc) is 2.54. The Kier molecular flexibility index (Phi) is 4.07. The predicted molar refractivity (Wildman–Crippen MR) is 92.1 cm³/mol. The smallest absolute Gasteiger partial charge is 0.292 e. The maximum absolute atomic E-state index is 12.5. The van der Waals surface area contributed by atoms with Crippen molar-refractivity contribution in [1.29, 1.82) is 0 Å². The van der Waals surface area contributed by atoms with E-state index in [-0.39, 0.29) is 0 Å². The van der Waals surface area contributed by atoms with Crippen LogP contribution in [0.3, 0.4) is 0 Å². The van der Waals surface area contributed by atoms with Crippen molar-refractivity contribution in [3.8, 4) is 5.75 Å². The van der Waals surface area contributed by atoms with Gasteiger partial charge in [0.05, 0.1) is 11.4 Å². The van der Waals surface area contributed by atoms with Crippen LogP contribution in [0.4, 0.5) is 11.4 Å². The molecule has 1 aliphatic heterocycles. The molecule has 1 aliphatic rings. The van der Waals surface area contributed by atoms with E-state index >= 15 is 0 Å². The van der Waals surface area contributed by atoms with Crippen molar-refractivity contribution in [2.24, 2.45) is 0 Å². The fourth-order valence-corrected chi connectivity index (χ4v) is 2.49. The highest BCUT2D eigenvalue weighted by molar-refractivity contribution is 6.30. The van der Waals surface area contributed by atoms with Crippen LogP contribution in [0.15, 0.2) is 42.5 Å². The first-order valence-corrected chi connectivity index (χ1v) is 7.69. The van der Waals surface area contributed by atoms with E-state index in [1.807, 2.05) is 13.0 Å². The van der Waals surface area contributed by atoms with Crippen molar-refractivity contribution in [2.45, 2.75) is 19.4 Å². The van der Waals surface area contributed by atoms with Gasteiger partial charge in [-0.15, -0.1) is 0 Å². The van der Waals surface area contributed by atoms with Gasteiger partial charge in [-0.25, -0.2) is 0 Å². The monoisotopic (exact) mass is 345 g/mol. The minimum Gasteiger partial charge on any atom is -0.465 e. The lowest BCUT2D eigenvalue weighted by atomic mass is 10.0. The number of ether oxygens (including phenoxy) is 1. The number of anilines is 2. The Balaban J connectivity index is 1.76. The summed E-state index contributed by atoms with van der Waals surface area (Å²) in [6, 6.07) is 12.2. The highest BCUT2D eigenvalue weighted by Gasteiger charge is 2.47. The molecule has 24 heavy (non-hydrogen) atoms. The zero-order chi connectivity index (χ0) is 17.3. The van der Waals surface area contributed by atoms with Crippen LogP contribution in [0, 0.1) is 6.92 Å². The van der Waals surface area contributed by atoms with E-state index in [1.165, 1.54) is 6.92 Å². The Bertz CT molecular complexity index is 824. The molecule has 7 heteroatoms. The van der Waals surface area contributed by atoms with Gasteiger partial charge in [0.1, 0.15) is 5.75 Å². The topological polar surface area (TPSA) is 79.5 Å². The molecule has 2 aromatic rings. The molecule has 1 heterocycles. The Morgan fingerprint density at radius 2 is 2.04 bits per heavy atom. The highest BCUT2D eigenvalue weighted by atomic mass is 35.5. The zero-order valence-corrected chi connectivity index (χ0v) is 13.9. The van der Waals surface area contributed by atoms with E-state index in [9.17, 15) is 9.59 Å². The summed E-state index contributed by atoms with van der Waals surface area (Å²) >= 11 is 5.89. The number of hydrogen-bond acceptors (Lipinski definition) is 4. The normalized spacial score (nSPS) is 18.9. The summed E-state index contributed by atoms with van der Waals surface area (Å²) in [5.41, 5.74) is 5.62. The first-order chi connectivity index (χ1) is 11.4. The second-order valence-electron chi connectivity index (χ2n) is 5.68. The predicted octanol–water partition coefficient (Wildman–Crippen LogP) is 2.88. The van der Waals surface area contributed by atoms with Crippen molar-refractivity contribution in [3.05, 3.63) is 53.1 Å². The molecular weight excluding hydrogens is 330 g/mol. The van der Waals surface area contributed by atoms with E-state index in [2.05, 4.69) is 16.2 Å². The third-order valence-electron chi connectivity index (χ3n) is 3.71. The van der Waals surface area contributed by atoms with Crippen LogP contribution < -0.4 is 20.9 Å². The third kappa shape index (κ3) is 3.00. The summed E-state index contributed by atoms with van der Waals surface area (Å²) in [6.07, 6.45) is 0. The molecule has 0 bridgehead atoms. The summed E-state index contributed by atoms with van der Waals surface area (Å²) in [7, 11) is 0. The van der Waals surface area contributed by atoms with E-state index in [0.717, 1.165) is 5.56 Å². The number of halogens is 1. The van der Waals surface area contributed by atoms with Crippen LogP contribution in [0.25, 0.3) is 0 Å². The number of benzene rings is 2.